The van der Waals surface area contributed by atoms with Crippen LogP contribution in [0.25, 0.3) is 0 Å². The van der Waals surface area contributed by atoms with Crippen molar-refractivity contribution in [3.63, 3.8) is 0 Å². The first-order valence-electron chi connectivity index (χ1n) is 9.35. The van der Waals surface area contributed by atoms with E-state index in [-0.39, 0.29) is 18.2 Å². The van der Waals surface area contributed by atoms with Gasteiger partial charge in [-0.1, -0.05) is 12.1 Å². The molecule has 0 saturated heterocycles. The van der Waals surface area contributed by atoms with Crippen LogP contribution in [-0.2, 0) is 20.7 Å². The highest BCUT2D eigenvalue weighted by Gasteiger charge is 2.24. The third-order valence-electron chi connectivity index (χ3n) is 5.04. The highest BCUT2D eigenvalue weighted by atomic mass is 16.5. The molecule has 1 N–H and O–H groups in total. The van der Waals surface area contributed by atoms with E-state index in [1.807, 2.05) is 0 Å². The summed E-state index contributed by atoms with van der Waals surface area (Å²) in [7, 11) is 2.89. The zero-order chi connectivity index (χ0) is 21.0. The van der Waals surface area contributed by atoms with Gasteiger partial charge in [-0.25, -0.2) is 0 Å². The van der Waals surface area contributed by atoms with Gasteiger partial charge in [0.2, 0.25) is 5.91 Å². The van der Waals surface area contributed by atoms with Gasteiger partial charge in [-0.2, -0.15) is 0 Å². The fourth-order valence-electron chi connectivity index (χ4n) is 3.45. The van der Waals surface area contributed by atoms with Gasteiger partial charge in [0.1, 0.15) is 5.75 Å². The van der Waals surface area contributed by atoms with Gasteiger partial charge < -0.3 is 19.7 Å². The van der Waals surface area contributed by atoms with Crippen molar-refractivity contribution in [3.8, 4) is 5.75 Å². The molecule has 152 valence electrons. The lowest BCUT2D eigenvalue weighted by molar-refractivity contribution is -0.141. The molecular formula is C22H24N2O5. The summed E-state index contributed by atoms with van der Waals surface area (Å²) in [5, 5.41) is 2.92. The number of nitrogens with one attached hydrogen (secondary N) is 1. The number of hydrogen-bond acceptors (Lipinski definition) is 5. The van der Waals surface area contributed by atoms with E-state index in [9.17, 15) is 14.4 Å². The van der Waals surface area contributed by atoms with Crippen LogP contribution in [0, 0.1) is 0 Å². The van der Waals surface area contributed by atoms with Gasteiger partial charge in [-0.05, 0) is 47.9 Å². The third kappa shape index (κ3) is 4.56. The number of amides is 2. The number of carbonyl (C=O) groups is 3. The van der Waals surface area contributed by atoms with E-state index in [0.29, 0.717) is 24.3 Å². The van der Waals surface area contributed by atoms with Crippen LogP contribution in [0.2, 0.25) is 0 Å². The fourth-order valence-corrected chi connectivity index (χ4v) is 3.45. The molecule has 0 aromatic heterocycles. The number of esters is 1. The number of benzene rings is 2. The van der Waals surface area contributed by atoms with Crippen molar-refractivity contribution in [3.05, 3.63) is 59.2 Å². The molecule has 1 atom stereocenters. The average molecular weight is 396 g/mol. The smallest absolute Gasteiger partial charge is 0.307 e. The number of methoxy groups -OCH3 is 2. The SMILES string of the molecule is COC(=O)C[C@@H](NC(=O)c1ccc2c(c1)CCN2C(C)=O)c1ccc(OC)cc1. The largest absolute Gasteiger partial charge is 0.497 e. The monoisotopic (exact) mass is 396 g/mol. The fraction of sp³-hybridized carbons (Fsp3) is 0.318. The van der Waals surface area contributed by atoms with Gasteiger partial charge in [0.25, 0.3) is 5.91 Å². The molecule has 2 amide bonds. The zero-order valence-corrected chi connectivity index (χ0v) is 16.7. The summed E-state index contributed by atoms with van der Waals surface area (Å²) in [4.78, 5) is 38.1. The van der Waals surface area contributed by atoms with E-state index in [1.54, 1.807) is 54.5 Å². The van der Waals surface area contributed by atoms with E-state index in [1.165, 1.54) is 14.0 Å². The normalized spacial score (nSPS) is 13.4. The first kappa shape index (κ1) is 20.4. The maximum absolute atomic E-state index is 12.9. The third-order valence-corrected chi connectivity index (χ3v) is 5.04. The Kier molecular flexibility index (Phi) is 6.16. The summed E-state index contributed by atoms with van der Waals surface area (Å²) in [6, 6.07) is 11.9. The Labute approximate surface area is 169 Å². The first-order valence-corrected chi connectivity index (χ1v) is 9.35. The Hall–Kier alpha value is -3.35. The Balaban J connectivity index is 1.81. The summed E-state index contributed by atoms with van der Waals surface area (Å²) in [6.45, 7) is 2.15. The molecule has 0 radical (unpaired) electrons. The van der Waals surface area contributed by atoms with Crippen LogP contribution in [-0.4, -0.2) is 38.5 Å². The molecule has 7 nitrogen and oxygen atoms in total. The van der Waals surface area contributed by atoms with Gasteiger partial charge in [0.15, 0.2) is 0 Å². The van der Waals surface area contributed by atoms with Crippen molar-refractivity contribution in [2.24, 2.45) is 0 Å². The lowest BCUT2D eigenvalue weighted by Gasteiger charge is -2.19. The summed E-state index contributed by atoms with van der Waals surface area (Å²) in [6.07, 6.45) is 0.720. The predicted molar refractivity (Wildman–Crippen MR) is 108 cm³/mol. The molecule has 0 fully saturated rings. The highest BCUT2D eigenvalue weighted by molar-refractivity contribution is 5.98. The topological polar surface area (TPSA) is 84.9 Å². The predicted octanol–water partition coefficient (Wildman–Crippen LogP) is 2.64. The number of anilines is 1. The van der Waals surface area contributed by atoms with Gasteiger partial charge in [0, 0.05) is 24.7 Å². The minimum Gasteiger partial charge on any atom is -0.497 e. The van der Waals surface area contributed by atoms with Crippen LogP contribution >= 0.6 is 0 Å². The summed E-state index contributed by atoms with van der Waals surface area (Å²) in [5.74, 6) is -0.0416. The van der Waals surface area contributed by atoms with Gasteiger partial charge in [0.05, 0.1) is 26.7 Å². The van der Waals surface area contributed by atoms with Crippen molar-refractivity contribution < 1.29 is 23.9 Å². The average Bonchev–Trinajstić information content (AvgIpc) is 3.16. The number of hydrogen-bond donors (Lipinski definition) is 1. The molecule has 0 spiro atoms. The lowest BCUT2D eigenvalue weighted by Crippen LogP contribution is -2.30. The Morgan fingerprint density at radius 3 is 2.45 bits per heavy atom. The first-order chi connectivity index (χ1) is 13.9. The van der Waals surface area contributed by atoms with Crippen molar-refractivity contribution >= 4 is 23.5 Å². The minimum atomic E-state index is -0.539. The van der Waals surface area contributed by atoms with Crippen LogP contribution in [0.3, 0.4) is 0 Å². The summed E-state index contributed by atoms with van der Waals surface area (Å²) in [5.41, 5.74) is 3.06. The lowest BCUT2D eigenvalue weighted by atomic mass is 10.0. The van der Waals surface area contributed by atoms with Crippen LogP contribution in [0.15, 0.2) is 42.5 Å². The summed E-state index contributed by atoms with van der Waals surface area (Å²) < 4.78 is 9.94. The van der Waals surface area contributed by atoms with Crippen molar-refractivity contribution in [2.75, 3.05) is 25.7 Å². The van der Waals surface area contributed by atoms with E-state index >= 15 is 0 Å². The molecule has 29 heavy (non-hydrogen) atoms. The molecule has 0 bridgehead atoms. The second kappa shape index (κ2) is 8.77. The minimum absolute atomic E-state index is 0.0115. The molecule has 2 aromatic rings. The van der Waals surface area contributed by atoms with Gasteiger partial charge in [-0.15, -0.1) is 0 Å². The zero-order valence-electron chi connectivity index (χ0n) is 16.7. The van der Waals surface area contributed by atoms with Crippen LogP contribution < -0.4 is 15.0 Å². The van der Waals surface area contributed by atoms with Crippen LogP contribution in [0.1, 0.15) is 40.9 Å². The molecule has 2 aromatic carbocycles. The van der Waals surface area contributed by atoms with E-state index in [4.69, 9.17) is 9.47 Å². The van der Waals surface area contributed by atoms with Crippen molar-refractivity contribution in [1.29, 1.82) is 0 Å². The molecule has 1 heterocycles. The van der Waals surface area contributed by atoms with E-state index in [2.05, 4.69) is 5.32 Å². The van der Waals surface area contributed by atoms with Gasteiger partial charge in [-0.3, -0.25) is 14.4 Å². The van der Waals surface area contributed by atoms with E-state index in [0.717, 1.165) is 16.8 Å². The Bertz CT molecular complexity index is 923. The Morgan fingerprint density at radius 1 is 1.10 bits per heavy atom. The maximum Gasteiger partial charge on any atom is 0.307 e. The van der Waals surface area contributed by atoms with Gasteiger partial charge >= 0.3 is 5.97 Å². The molecule has 1 aliphatic rings. The van der Waals surface area contributed by atoms with Crippen LogP contribution in [0.4, 0.5) is 5.69 Å². The Morgan fingerprint density at radius 2 is 1.83 bits per heavy atom. The number of fused-ring (bicyclic) bond motifs is 1. The standard InChI is InChI=1S/C22H24N2O5/c1-14(25)24-11-10-16-12-17(6-9-20(16)24)22(27)23-19(13-21(26)29-3)15-4-7-18(28-2)8-5-15/h4-9,12,19H,10-11,13H2,1-3H3,(H,23,27)/t19-/m1/s1. The molecular weight excluding hydrogens is 372 g/mol. The van der Waals surface area contributed by atoms with E-state index < -0.39 is 12.0 Å². The molecule has 0 unspecified atom stereocenters. The molecule has 0 saturated carbocycles. The number of rotatable bonds is 6. The number of nitrogens with zero attached hydrogens (tertiary/aromatic N) is 1. The second-order valence-corrected chi connectivity index (χ2v) is 6.84. The quantitative estimate of drug-likeness (QED) is 0.759. The molecule has 7 heteroatoms. The maximum atomic E-state index is 12.9. The number of ether oxygens (including phenoxy) is 2. The molecule has 1 aliphatic heterocycles. The molecule has 3 rings (SSSR count). The van der Waals surface area contributed by atoms with Crippen molar-refractivity contribution in [1.82, 2.24) is 5.32 Å². The number of carbonyl (C=O) groups excluding carboxylic acids is 3. The highest BCUT2D eigenvalue weighted by Crippen LogP contribution is 2.29. The van der Waals surface area contributed by atoms with Crippen molar-refractivity contribution in [2.45, 2.75) is 25.8 Å². The molecule has 0 aliphatic carbocycles. The van der Waals surface area contributed by atoms with Crippen LogP contribution in [0.5, 0.6) is 5.75 Å². The second-order valence-electron chi connectivity index (χ2n) is 6.84. The summed E-state index contributed by atoms with van der Waals surface area (Å²) >= 11 is 0.